The van der Waals surface area contributed by atoms with E-state index in [1.54, 1.807) is 0 Å². The van der Waals surface area contributed by atoms with E-state index in [4.69, 9.17) is 0 Å². The summed E-state index contributed by atoms with van der Waals surface area (Å²) in [5, 5.41) is 5.00. The predicted octanol–water partition coefficient (Wildman–Crippen LogP) is 18.9. The summed E-state index contributed by atoms with van der Waals surface area (Å²) < 4.78 is 4.79. The molecule has 350 valence electrons. The van der Waals surface area contributed by atoms with Crippen LogP contribution in [0.3, 0.4) is 0 Å². The van der Waals surface area contributed by atoms with E-state index in [0.717, 1.165) is 5.69 Å². The van der Waals surface area contributed by atoms with Crippen LogP contribution in [0.25, 0.3) is 111 Å². The third kappa shape index (κ3) is 6.73. The lowest BCUT2D eigenvalue weighted by atomic mass is 9.67. The summed E-state index contributed by atoms with van der Waals surface area (Å²) in [6.45, 7) is 0. The number of benzene rings is 12. The Bertz CT molecular complexity index is 4440. The van der Waals surface area contributed by atoms with Crippen LogP contribution in [0.15, 0.2) is 291 Å². The number of hydrogen-bond donors (Lipinski definition) is 0. The standard InChI is InChI=1S/C73H48N2/c1-3-16-49(17-4-1)51-34-40-57(41-35-51)73(67-26-11-7-22-61(67)62-23-8-12-27-68(62)73)58-19-15-18-54(46-58)53-32-30-50(31-33-53)52-36-42-60(43-37-52)75-70-29-14-10-25-64(70)66-48-56(39-45-72(66)75)55-38-44-71-65(47-55)63-24-9-13-28-69(63)74(71)59-20-5-2-6-21-59/h1-48H. The largest absolute Gasteiger partial charge is 0.309 e. The maximum atomic E-state index is 2.42. The van der Waals surface area contributed by atoms with E-state index < -0.39 is 5.41 Å². The zero-order valence-corrected chi connectivity index (χ0v) is 41.1. The average Bonchev–Trinajstić information content (AvgIpc) is 4.23. The van der Waals surface area contributed by atoms with Crippen LogP contribution in [0.5, 0.6) is 0 Å². The first kappa shape index (κ1) is 42.9. The van der Waals surface area contributed by atoms with Crippen molar-refractivity contribution in [2.24, 2.45) is 0 Å². The molecule has 0 bridgehead atoms. The molecule has 14 aromatic rings. The molecule has 2 aromatic heterocycles. The van der Waals surface area contributed by atoms with Gasteiger partial charge in [0, 0.05) is 32.9 Å². The summed E-state index contributed by atoms with van der Waals surface area (Å²) in [5.74, 6) is 0. The topological polar surface area (TPSA) is 9.86 Å². The summed E-state index contributed by atoms with van der Waals surface area (Å²) in [7, 11) is 0. The SMILES string of the molecule is c1ccc(-c2ccc(C3(c4cccc(-c5ccc(-c6ccc(-n7c8ccccc8c8cc(-c9ccc%10c(c9)c9ccccc9n%10-c9ccccc9)ccc87)cc6)cc5)c4)c4ccccc4-c4ccccc43)cc2)cc1. The Morgan fingerprint density at radius 1 is 0.213 bits per heavy atom. The second-order valence-corrected chi connectivity index (χ2v) is 20.0. The van der Waals surface area contributed by atoms with E-state index in [0.29, 0.717) is 0 Å². The van der Waals surface area contributed by atoms with Crippen molar-refractivity contribution in [3.63, 3.8) is 0 Å². The minimum atomic E-state index is -0.486. The minimum absolute atomic E-state index is 0.486. The maximum absolute atomic E-state index is 2.42. The van der Waals surface area contributed by atoms with Gasteiger partial charge in [-0.3, -0.25) is 0 Å². The van der Waals surface area contributed by atoms with Gasteiger partial charge in [0.1, 0.15) is 0 Å². The molecule has 0 atom stereocenters. The van der Waals surface area contributed by atoms with Crippen molar-refractivity contribution >= 4 is 43.6 Å². The molecule has 12 aromatic carbocycles. The van der Waals surface area contributed by atoms with Crippen molar-refractivity contribution in [1.29, 1.82) is 0 Å². The highest BCUT2D eigenvalue weighted by molar-refractivity contribution is 6.12. The van der Waals surface area contributed by atoms with Gasteiger partial charge in [0.05, 0.1) is 27.5 Å². The molecule has 15 rings (SSSR count). The van der Waals surface area contributed by atoms with Crippen LogP contribution in [0, 0.1) is 0 Å². The molecule has 1 aliphatic rings. The summed E-state index contributed by atoms with van der Waals surface area (Å²) in [5.41, 5.74) is 24.0. The minimum Gasteiger partial charge on any atom is -0.309 e. The Kier molecular flexibility index (Phi) is 9.83. The van der Waals surface area contributed by atoms with Gasteiger partial charge in [-0.15, -0.1) is 0 Å². The summed E-state index contributed by atoms with van der Waals surface area (Å²) in [4.78, 5) is 0. The molecule has 0 unspecified atom stereocenters. The monoisotopic (exact) mass is 952 g/mol. The van der Waals surface area contributed by atoms with Gasteiger partial charge in [0.25, 0.3) is 0 Å². The first-order valence-electron chi connectivity index (χ1n) is 26.0. The second kappa shape index (κ2) is 17.2. The van der Waals surface area contributed by atoms with E-state index in [1.165, 1.54) is 127 Å². The van der Waals surface area contributed by atoms with Gasteiger partial charge >= 0.3 is 0 Å². The highest BCUT2D eigenvalue weighted by Crippen LogP contribution is 2.56. The van der Waals surface area contributed by atoms with Crippen LogP contribution >= 0.6 is 0 Å². The summed E-state index contributed by atoms with van der Waals surface area (Å²) in [6, 6.07) is 107. The zero-order chi connectivity index (χ0) is 49.5. The van der Waals surface area contributed by atoms with Crippen LogP contribution in [0.4, 0.5) is 0 Å². The molecular formula is C73H48N2. The molecule has 0 spiro atoms. The Morgan fingerprint density at radius 3 is 1.15 bits per heavy atom. The smallest absolute Gasteiger partial charge is 0.0713 e. The molecule has 0 N–H and O–H groups in total. The van der Waals surface area contributed by atoms with Crippen LogP contribution in [0.1, 0.15) is 22.3 Å². The first-order chi connectivity index (χ1) is 37.2. The first-order valence-corrected chi connectivity index (χ1v) is 26.0. The molecule has 0 saturated carbocycles. The quantitative estimate of drug-likeness (QED) is 0.144. The normalized spacial score (nSPS) is 12.6. The maximum Gasteiger partial charge on any atom is 0.0713 e. The van der Waals surface area contributed by atoms with Gasteiger partial charge < -0.3 is 9.13 Å². The molecule has 75 heavy (non-hydrogen) atoms. The number of nitrogens with zero attached hydrogens (tertiary/aromatic N) is 2. The molecule has 2 nitrogen and oxygen atoms in total. The zero-order valence-electron chi connectivity index (χ0n) is 41.1. The molecule has 0 radical (unpaired) electrons. The van der Waals surface area contributed by atoms with E-state index in [1.807, 2.05) is 0 Å². The number of fused-ring (bicyclic) bond motifs is 9. The fourth-order valence-corrected chi connectivity index (χ4v) is 12.6. The van der Waals surface area contributed by atoms with Crippen LogP contribution in [-0.4, -0.2) is 9.13 Å². The highest BCUT2D eigenvalue weighted by Gasteiger charge is 2.46. The highest BCUT2D eigenvalue weighted by atomic mass is 15.0. The molecule has 2 heterocycles. The van der Waals surface area contributed by atoms with Crippen molar-refractivity contribution < 1.29 is 0 Å². The van der Waals surface area contributed by atoms with Gasteiger partial charge in [-0.25, -0.2) is 0 Å². The molecule has 1 aliphatic carbocycles. The number of rotatable bonds is 8. The van der Waals surface area contributed by atoms with E-state index in [2.05, 4.69) is 300 Å². The van der Waals surface area contributed by atoms with Crippen LogP contribution < -0.4 is 0 Å². The Labute approximate surface area is 436 Å². The van der Waals surface area contributed by atoms with Crippen LogP contribution in [-0.2, 0) is 5.41 Å². The lowest BCUT2D eigenvalue weighted by Crippen LogP contribution is -2.28. The second-order valence-electron chi connectivity index (χ2n) is 20.0. The number of para-hydroxylation sites is 3. The van der Waals surface area contributed by atoms with Crippen molar-refractivity contribution in [1.82, 2.24) is 9.13 Å². The molecule has 2 heteroatoms. The predicted molar refractivity (Wildman–Crippen MR) is 314 cm³/mol. The van der Waals surface area contributed by atoms with Crippen molar-refractivity contribution in [3.05, 3.63) is 313 Å². The van der Waals surface area contributed by atoms with Gasteiger partial charge in [-0.05, 0) is 145 Å². The third-order valence-corrected chi connectivity index (χ3v) is 16.0. The Morgan fingerprint density at radius 2 is 0.587 bits per heavy atom. The van der Waals surface area contributed by atoms with Gasteiger partial charge in [0.15, 0.2) is 0 Å². The van der Waals surface area contributed by atoms with Crippen molar-refractivity contribution in [3.8, 4) is 67.0 Å². The number of hydrogen-bond acceptors (Lipinski definition) is 0. The van der Waals surface area contributed by atoms with Gasteiger partial charge in [0.2, 0.25) is 0 Å². The molecule has 0 aliphatic heterocycles. The summed E-state index contributed by atoms with van der Waals surface area (Å²) in [6.07, 6.45) is 0. The van der Waals surface area contributed by atoms with E-state index >= 15 is 0 Å². The lowest BCUT2D eigenvalue weighted by Gasteiger charge is -2.34. The van der Waals surface area contributed by atoms with Crippen LogP contribution in [0.2, 0.25) is 0 Å². The molecule has 0 fully saturated rings. The van der Waals surface area contributed by atoms with Crippen molar-refractivity contribution in [2.45, 2.75) is 5.41 Å². The molecule has 0 saturated heterocycles. The Hall–Kier alpha value is -9.76. The lowest BCUT2D eigenvalue weighted by molar-refractivity contribution is 0.769. The fraction of sp³-hybridized carbons (Fsp3) is 0.0137. The van der Waals surface area contributed by atoms with Gasteiger partial charge in [-0.1, -0.05) is 224 Å². The van der Waals surface area contributed by atoms with Gasteiger partial charge in [-0.2, -0.15) is 0 Å². The van der Waals surface area contributed by atoms with E-state index in [9.17, 15) is 0 Å². The third-order valence-electron chi connectivity index (χ3n) is 16.0. The molecule has 0 amide bonds. The average molecular weight is 953 g/mol. The number of aromatic nitrogens is 2. The summed E-state index contributed by atoms with van der Waals surface area (Å²) >= 11 is 0. The fourth-order valence-electron chi connectivity index (χ4n) is 12.6. The van der Waals surface area contributed by atoms with E-state index in [-0.39, 0.29) is 0 Å². The van der Waals surface area contributed by atoms with Crippen molar-refractivity contribution in [2.75, 3.05) is 0 Å². The molecular weight excluding hydrogens is 905 g/mol. The Balaban J connectivity index is 0.758.